The van der Waals surface area contributed by atoms with Crippen LogP contribution in [-0.4, -0.2) is 34.7 Å². The summed E-state index contributed by atoms with van der Waals surface area (Å²) in [6.07, 6.45) is 4.03. The number of amides is 3. The van der Waals surface area contributed by atoms with E-state index < -0.39 is 11.8 Å². The van der Waals surface area contributed by atoms with E-state index in [4.69, 9.17) is 23.1 Å². The van der Waals surface area contributed by atoms with Gasteiger partial charge in [-0.15, -0.1) is 0 Å². The first kappa shape index (κ1) is 20.1. The Morgan fingerprint density at radius 1 is 1.21 bits per heavy atom. The summed E-state index contributed by atoms with van der Waals surface area (Å²) in [5.74, 6) is -1.62. The van der Waals surface area contributed by atoms with Crippen molar-refractivity contribution in [1.82, 2.24) is 9.69 Å². The smallest absolute Gasteiger partial charge is 0.272 e. The molecular formula is C18H20ClN5O3S. The molecule has 1 fully saturated rings. The van der Waals surface area contributed by atoms with Gasteiger partial charge in [-0.3, -0.25) is 19.3 Å². The van der Waals surface area contributed by atoms with Crippen LogP contribution in [0.15, 0.2) is 24.3 Å². The number of anilines is 2. The van der Waals surface area contributed by atoms with Gasteiger partial charge >= 0.3 is 0 Å². The number of carbonyl (C=O) groups is 3. The molecule has 1 saturated carbocycles. The van der Waals surface area contributed by atoms with Crippen molar-refractivity contribution in [3.05, 3.63) is 39.9 Å². The van der Waals surface area contributed by atoms with Crippen LogP contribution in [0, 0.1) is 0 Å². The molecular weight excluding hydrogens is 402 g/mol. The molecule has 0 radical (unpaired) electrons. The standard InChI is InChI=1S/C18H20ClN5O3S/c19-10-5-7-12(8-6-10)24(9-13(25)22-11-3-1-2-4-11)18(27)16-14(20)15(17(21)26)23-28-16/h5-8,11H,1-4,9,20H2,(H2,21,26)(H,22,25). The lowest BCUT2D eigenvalue weighted by molar-refractivity contribution is -0.120. The van der Waals surface area contributed by atoms with Crippen LogP contribution in [0.2, 0.25) is 5.02 Å². The number of aromatic nitrogens is 1. The highest BCUT2D eigenvalue weighted by molar-refractivity contribution is 7.09. The Hall–Kier alpha value is -2.65. The fraction of sp³-hybridized carbons (Fsp3) is 0.333. The fourth-order valence-corrected chi connectivity index (χ4v) is 4.02. The van der Waals surface area contributed by atoms with Gasteiger partial charge in [-0.05, 0) is 48.6 Å². The maximum atomic E-state index is 13.1. The Kier molecular flexibility index (Phi) is 6.15. The van der Waals surface area contributed by atoms with Crippen LogP contribution in [0.4, 0.5) is 11.4 Å². The van der Waals surface area contributed by atoms with Crippen LogP contribution in [0.25, 0.3) is 0 Å². The molecule has 1 aromatic heterocycles. The monoisotopic (exact) mass is 421 g/mol. The highest BCUT2D eigenvalue weighted by Gasteiger charge is 2.28. The second-order valence-corrected chi connectivity index (χ2v) is 7.76. The van der Waals surface area contributed by atoms with E-state index in [1.807, 2.05) is 0 Å². The summed E-state index contributed by atoms with van der Waals surface area (Å²) in [5, 5.41) is 3.46. The normalized spacial score (nSPS) is 14.0. The summed E-state index contributed by atoms with van der Waals surface area (Å²) in [7, 11) is 0. The van der Waals surface area contributed by atoms with Crippen molar-refractivity contribution >= 4 is 52.2 Å². The number of rotatable bonds is 6. The van der Waals surface area contributed by atoms with Gasteiger partial charge in [0.05, 0.1) is 5.69 Å². The third-order valence-corrected chi connectivity index (χ3v) is 5.66. The molecule has 0 saturated heterocycles. The Morgan fingerprint density at radius 3 is 2.43 bits per heavy atom. The van der Waals surface area contributed by atoms with Crippen molar-refractivity contribution in [1.29, 1.82) is 0 Å². The molecule has 10 heteroatoms. The first-order valence-corrected chi connectivity index (χ1v) is 9.93. The second kappa shape index (κ2) is 8.57. The fourth-order valence-electron chi connectivity index (χ4n) is 3.14. The van der Waals surface area contributed by atoms with Gasteiger partial charge in [0.2, 0.25) is 5.91 Å². The Morgan fingerprint density at radius 2 is 1.86 bits per heavy atom. The van der Waals surface area contributed by atoms with Gasteiger partial charge in [0.1, 0.15) is 11.4 Å². The van der Waals surface area contributed by atoms with Gasteiger partial charge in [0, 0.05) is 16.8 Å². The van der Waals surface area contributed by atoms with Crippen molar-refractivity contribution in [3.8, 4) is 0 Å². The van der Waals surface area contributed by atoms with Gasteiger partial charge in [0.25, 0.3) is 11.8 Å². The predicted molar refractivity (Wildman–Crippen MR) is 109 cm³/mol. The topological polar surface area (TPSA) is 131 Å². The average Bonchev–Trinajstić information content (AvgIpc) is 3.29. The number of nitrogen functional groups attached to an aromatic ring is 1. The summed E-state index contributed by atoms with van der Waals surface area (Å²) in [4.78, 5) is 38.4. The number of halogens is 1. The first-order valence-electron chi connectivity index (χ1n) is 8.78. The van der Waals surface area contributed by atoms with Crippen molar-refractivity contribution in [2.75, 3.05) is 17.2 Å². The van der Waals surface area contributed by atoms with Crippen molar-refractivity contribution in [2.24, 2.45) is 5.73 Å². The molecule has 0 unspecified atom stereocenters. The maximum absolute atomic E-state index is 13.1. The van der Waals surface area contributed by atoms with Gasteiger partial charge < -0.3 is 16.8 Å². The zero-order valence-corrected chi connectivity index (χ0v) is 16.6. The lowest BCUT2D eigenvalue weighted by atomic mass is 10.2. The van der Waals surface area contributed by atoms with Gasteiger partial charge in [-0.25, -0.2) is 0 Å². The number of nitrogens with zero attached hydrogens (tertiary/aromatic N) is 2. The number of nitrogens with two attached hydrogens (primary N) is 2. The minimum atomic E-state index is -0.815. The molecule has 0 atom stereocenters. The van der Waals surface area contributed by atoms with Crippen molar-refractivity contribution in [3.63, 3.8) is 0 Å². The third kappa shape index (κ3) is 4.42. The number of nitrogens with one attached hydrogen (secondary N) is 1. The van der Waals surface area contributed by atoms with E-state index in [9.17, 15) is 14.4 Å². The van der Waals surface area contributed by atoms with Crippen molar-refractivity contribution in [2.45, 2.75) is 31.7 Å². The van der Waals surface area contributed by atoms with E-state index in [-0.39, 0.29) is 34.8 Å². The quantitative estimate of drug-likeness (QED) is 0.657. The van der Waals surface area contributed by atoms with Gasteiger partial charge in [-0.2, -0.15) is 4.37 Å². The van der Waals surface area contributed by atoms with E-state index in [1.54, 1.807) is 24.3 Å². The molecule has 1 heterocycles. The molecule has 1 aromatic carbocycles. The lowest BCUT2D eigenvalue weighted by Gasteiger charge is -2.23. The molecule has 148 valence electrons. The first-order chi connectivity index (χ1) is 13.4. The molecule has 2 aromatic rings. The Balaban J connectivity index is 1.87. The number of hydrogen-bond acceptors (Lipinski definition) is 6. The average molecular weight is 422 g/mol. The molecule has 3 rings (SSSR count). The molecule has 28 heavy (non-hydrogen) atoms. The molecule has 1 aliphatic rings. The zero-order valence-electron chi connectivity index (χ0n) is 15.0. The molecule has 3 amide bonds. The van der Waals surface area contributed by atoms with Crippen LogP contribution >= 0.6 is 23.1 Å². The lowest BCUT2D eigenvalue weighted by Crippen LogP contribution is -2.43. The highest BCUT2D eigenvalue weighted by Crippen LogP contribution is 2.27. The van der Waals surface area contributed by atoms with E-state index in [2.05, 4.69) is 9.69 Å². The number of benzene rings is 1. The van der Waals surface area contributed by atoms with Crippen LogP contribution < -0.4 is 21.7 Å². The summed E-state index contributed by atoms with van der Waals surface area (Å²) in [6, 6.07) is 6.64. The van der Waals surface area contributed by atoms with Crippen LogP contribution in [-0.2, 0) is 4.79 Å². The summed E-state index contributed by atoms with van der Waals surface area (Å²) < 4.78 is 3.86. The molecule has 0 spiro atoms. The molecule has 0 bridgehead atoms. The van der Waals surface area contributed by atoms with Crippen molar-refractivity contribution < 1.29 is 14.4 Å². The minimum Gasteiger partial charge on any atom is -0.395 e. The minimum absolute atomic E-state index is 0.0532. The second-order valence-electron chi connectivity index (χ2n) is 6.55. The molecule has 5 N–H and O–H groups in total. The third-order valence-electron chi connectivity index (χ3n) is 4.56. The highest BCUT2D eigenvalue weighted by atomic mass is 35.5. The van der Waals surface area contributed by atoms with E-state index >= 15 is 0 Å². The zero-order chi connectivity index (χ0) is 20.3. The molecule has 8 nitrogen and oxygen atoms in total. The van der Waals surface area contributed by atoms with Crippen LogP contribution in [0.5, 0.6) is 0 Å². The SMILES string of the molecule is NC(=O)c1nsc(C(=O)N(CC(=O)NC2CCCC2)c2ccc(Cl)cc2)c1N. The van der Waals surface area contributed by atoms with Crippen LogP contribution in [0.1, 0.15) is 45.8 Å². The Bertz CT molecular complexity index is 893. The summed E-state index contributed by atoms with van der Waals surface area (Å²) in [5.41, 5.74) is 11.3. The number of carbonyl (C=O) groups excluding carboxylic acids is 3. The van der Waals surface area contributed by atoms with Gasteiger partial charge in [-0.1, -0.05) is 24.4 Å². The number of hydrogen-bond donors (Lipinski definition) is 3. The largest absolute Gasteiger partial charge is 0.395 e. The van der Waals surface area contributed by atoms with E-state index in [0.717, 1.165) is 37.2 Å². The summed E-state index contributed by atoms with van der Waals surface area (Å²) >= 11 is 6.71. The van der Waals surface area contributed by atoms with Crippen LogP contribution in [0.3, 0.4) is 0 Å². The van der Waals surface area contributed by atoms with E-state index in [0.29, 0.717) is 10.7 Å². The summed E-state index contributed by atoms with van der Waals surface area (Å²) in [6.45, 7) is -0.194. The predicted octanol–water partition coefficient (Wildman–Crippen LogP) is 2.18. The van der Waals surface area contributed by atoms with Gasteiger partial charge in [0.15, 0.2) is 5.69 Å². The molecule has 0 aliphatic heterocycles. The molecule has 1 aliphatic carbocycles. The number of primary amides is 1. The maximum Gasteiger partial charge on any atom is 0.272 e. The van der Waals surface area contributed by atoms with E-state index in [1.165, 1.54) is 4.90 Å². The Labute approximate surface area is 171 Å².